The Morgan fingerprint density at radius 1 is 0.593 bits per heavy atom. The smallest absolute Gasteiger partial charge is 0.326 e. The third-order valence-corrected chi connectivity index (χ3v) is 9.01. The lowest BCUT2D eigenvalue weighted by Gasteiger charge is -2.30. The highest BCUT2D eigenvalue weighted by molar-refractivity contribution is 7.80. The highest BCUT2D eigenvalue weighted by Crippen LogP contribution is 2.12. The van der Waals surface area contributed by atoms with Crippen molar-refractivity contribution in [1.82, 2.24) is 37.2 Å². The van der Waals surface area contributed by atoms with Gasteiger partial charge in [0.25, 0.3) is 0 Å². The van der Waals surface area contributed by atoms with Crippen molar-refractivity contribution in [1.29, 1.82) is 0 Å². The van der Waals surface area contributed by atoms with Crippen LogP contribution in [0.1, 0.15) is 82.1 Å². The minimum Gasteiger partial charge on any atom is -0.480 e. The highest BCUT2D eigenvalue weighted by Gasteiger charge is 2.36. The van der Waals surface area contributed by atoms with E-state index in [9.17, 15) is 48.6 Å². The van der Waals surface area contributed by atoms with Crippen LogP contribution in [0.2, 0.25) is 0 Å². The van der Waals surface area contributed by atoms with Gasteiger partial charge in [-0.3, -0.25) is 33.6 Å². The molecule has 8 atom stereocenters. The third kappa shape index (κ3) is 17.0. The number of nitrogens with two attached hydrogens (primary N) is 1. The van der Waals surface area contributed by atoms with Gasteiger partial charge in [0.15, 0.2) is 0 Å². The molecule has 0 rings (SSSR count). The molecule has 0 aliphatic carbocycles. The van der Waals surface area contributed by atoms with Crippen molar-refractivity contribution < 1.29 is 48.6 Å². The molecule has 0 saturated heterocycles. The van der Waals surface area contributed by atoms with Crippen LogP contribution in [0.15, 0.2) is 0 Å². The number of carboxylic acid groups (broad SMARTS) is 1. The molecule has 11 N–H and O–H groups in total. The van der Waals surface area contributed by atoms with Crippen molar-refractivity contribution in [2.24, 2.45) is 35.3 Å². The summed E-state index contributed by atoms with van der Waals surface area (Å²) in [5.74, 6) is -8.21. The van der Waals surface area contributed by atoms with E-state index in [1.807, 2.05) is 6.92 Å². The Balaban J connectivity index is 5.78. The normalized spacial score (nSPS) is 15.9. The SMILES string of the molecule is CC[C@H](C)[C@H](NC(=O)[C@@H](N)CO)C(=O)N[C@H](C(=O)N[C@@H](CS)C(=O)N[C@H](C(=O)N[C@H](C(=O)NCC(=O)N[C@@H](CC(C)C)C(=O)O)C(C)C)C(C)C)C(C)C. The summed E-state index contributed by atoms with van der Waals surface area (Å²) < 4.78 is 0. The predicted molar refractivity (Wildman–Crippen MR) is 205 cm³/mol. The number of carbonyl (C=O) groups is 8. The Kier molecular flexibility index (Phi) is 22.6. The number of thiol groups is 1. The second-order valence-corrected chi connectivity index (χ2v) is 15.3. The van der Waals surface area contributed by atoms with E-state index in [4.69, 9.17) is 5.73 Å². The summed E-state index contributed by atoms with van der Waals surface area (Å²) in [7, 11) is 0. The summed E-state index contributed by atoms with van der Waals surface area (Å²) >= 11 is 4.22. The van der Waals surface area contributed by atoms with Crippen LogP contribution in [-0.2, 0) is 38.4 Å². The van der Waals surface area contributed by atoms with Crippen LogP contribution < -0.4 is 43.0 Å². The Labute approximate surface area is 323 Å². The molecule has 0 spiro atoms. The number of hydrogen-bond donors (Lipinski definition) is 11. The number of carbonyl (C=O) groups excluding carboxylic acids is 7. The number of rotatable bonds is 24. The summed E-state index contributed by atoms with van der Waals surface area (Å²) in [5.41, 5.74) is 5.60. The van der Waals surface area contributed by atoms with Crippen molar-refractivity contribution >= 4 is 59.9 Å². The van der Waals surface area contributed by atoms with Crippen LogP contribution in [0.3, 0.4) is 0 Å². The quantitative estimate of drug-likeness (QED) is 0.0496. The summed E-state index contributed by atoms with van der Waals surface area (Å²) in [6.07, 6.45) is 0.683. The standard InChI is InChI=1S/C35H64N8O10S/c1-11-20(10)28(43-29(46)21(36)14-44)34(51)42-26(18(6)7)32(49)39-23(15-54)30(47)40-27(19(8)9)33(50)41-25(17(4)5)31(48)37-13-24(45)38-22(35(52)53)12-16(2)3/h16-23,25-28,44,54H,11-15,36H2,1-10H3,(H,37,48)(H,38,45)(H,39,49)(H,40,47)(H,41,50)(H,42,51)(H,43,46)(H,52,53)/t20-,21-,22-,23-,25-,26-,27-,28-/m0/s1. The molecule has 0 aromatic carbocycles. The van der Waals surface area contributed by atoms with E-state index in [0.717, 1.165) is 0 Å². The van der Waals surface area contributed by atoms with E-state index in [1.54, 1.807) is 62.3 Å². The molecule has 19 heteroatoms. The average molecular weight is 789 g/mol. The highest BCUT2D eigenvalue weighted by atomic mass is 32.1. The van der Waals surface area contributed by atoms with Gasteiger partial charge in [-0.05, 0) is 36.0 Å². The van der Waals surface area contributed by atoms with Crippen LogP contribution in [0, 0.1) is 29.6 Å². The largest absolute Gasteiger partial charge is 0.480 e. The predicted octanol–water partition coefficient (Wildman–Crippen LogP) is -1.59. The Morgan fingerprint density at radius 2 is 1.02 bits per heavy atom. The second kappa shape index (κ2) is 24.4. The lowest BCUT2D eigenvalue weighted by Crippen LogP contribution is -2.62. The molecule has 0 aromatic rings. The number of carboxylic acids is 1. The van der Waals surface area contributed by atoms with Gasteiger partial charge in [-0.2, -0.15) is 12.6 Å². The fraction of sp³-hybridized carbons (Fsp3) is 0.771. The third-order valence-electron chi connectivity index (χ3n) is 8.65. The maximum Gasteiger partial charge on any atom is 0.326 e. The first-order valence-electron chi connectivity index (χ1n) is 18.3. The molecule has 0 heterocycles. The molecule has 0 aliphatic rings. The van der Waals surface area contributed by atoms with E-state index in [2.05, 4.69) is 49.8 Å². The number of nitrogens with one attached hydrogen (secondary N) is 7. The lowest BCUT2D eigenvalue weighted by molar-refractivity contribution is -0.142. The van der Waals surface area contributed by atoms with E-state index >= 15 is 0 Å². The minimum atomic E-state index is -1.26. The maximum absolute atomic E-state index is 13.5. The number of aliphatic hydroxyl groups excluding tert-OH is 1. The van der Waals surface area contributed by atoms with Crippen LogP contribution in [-0.4, -0.2) is 119 Å². The molecule has 0 aromatic heterocycles. The van der Waals surface area contributed by atoms with Gasteiger partial charge >= 0.3 is 5.97 Å². The lowest BCUT2D eigenvalue weighted by atomic mass is 9.96. The van der Waals surface area contributed by atoms with Crippen LogP contribution in [0.25, 0.3) is 0 Å². The van der Waals surface area contributed by atoms with Gasteiger partial charge in [-0.1, -0.05) is 75.7 Å². The van der Waals surface area contributed by atoms with Crippen molar-refractivity contribution in [2.45, 2.75) is 124 Å². The van der Waals surface area contributed by atoms with Crippen LogP contribution in [0.5, 0.6) is 0 Å². The summed E-state index contributed by atoms with van der Waals surface area (Å²) in [6.45, 7) is 16.0. The number of aliphatic hydroxyl groups is 1. The van der Waals surface area contributed by atoms with Crippen molar-refractivity contribution in [2.75, 3.05) is 18.9 Å². The van der Waals surface area contributed by atoms with Crippen LogP contribution >= 0.6 is 12.6 Å². The van der Waals surface area contributed by atoms with Gasteiger partial charge in [-0.25, -0.2) is 4.79 Å². The molecule has 0 aliphatic heterocycles. The van der Waals surface area contributed by atoms with E-state index in [-0.39, 0.29) is 24.0 Å². The number of hydrogen-bond acceptors (Lipinski definition) is 11. The molecule has 310 valence electrons. The van der Waals surface area contributed by atoms with Crippen LogP contribution in [0.4, 0.5) is 0 Å². The Hall–Kier alpha value is -3.97. The Morgan fingerprint density at radius 3 is 1.43 bits per heavy atom. The zero-order chi connectivity index (χ0) is 42.0. The summed E-state index contributed by atoms with van der Waals surface area (Å²) in [6, 6.07) is -8.17. The number of aliphatic carboxylic acids is 1. The topological polar surface area (TPSA) is 287 Å². The fourth-order valence-electron chi connectivity index (χ4n) is 5.06. The van der Waals surface area contributed by atoms with Gasteiger partial charge in [-0.15, -0.1) is 0 Å². The van der Waals surface area contributed by atoms with E-state index in [1.165, 1.54) is 0 Å². The monoisotopic (exact) mass is 788 g/mol. The molecule has 0 fully saturated rings. The fourth-order valence-corrected chi connectivity index (χ4v) is 5.32. The van der Waals surface area contributed by atoms with Gasteiger partial charge < -0.3 is 53.2 Å². The molecule has 0 unspecified atom stereocenters. The molecular weight excluding hydrogens is 724 g/mol. The Bertz CT molecular complexity index is 1300. The first-order chi connectivity index (χ1) is 25.0. The zero-order valence-electron chi connectivity index (χ0n) is 33.1. The molecule has 54 heavy (non-hydrogen) atoms. The first kappa shape index (κ1) is 50.0. The van der Waals surface area contributed by atoms with E-state index < -0.39 is 121 Å². The number of amides is 7. The molecule has 0 bridgehead atoms. The maximum atomic E-state index is 13.5. The van der Waals surface area contributed by atoms with Crippen molar-refractivity contribution in [3.63, 3.8) is 0 Å². The van der Waals surface area contributed by atoms with Gasteiger partial charge in [0.05, 0.1) is 13.2 Å². The molecule has 0 saturated carbocycles. The van der Waals surface area contributed by atoms with Gasteiger partial charge in [0, 0.05) is 5.75 Å². The summed E-state index contributed by atoms with van der Waals surface area (Å²) in [4.78, 5) is 103. The van der Waals surface area contributed by atoms with Crippen molar-refractivity contribution in [3.05, 3.63) is 0 Å². The first-order valence-corrected chi connectivity index (χ1v) is 18.9. The summed E-state index contributed by atoms with van der Waals surface area (Å²) in [5, 5.41) is 36.4. The average Bonchev–Trinajstić information content (AvgIpc) is 3.09. The minimum absolute atomic E-state index is 0.00616. The second-order valence-electron chi connectivity index (χ2n) is 14.9. The molecule has 7 amide bonds. The van der Waals surface area contributed by atoms with E-state index in [0.29, 0.717) is 6.42 Å². The zero-order valence-corrected chi connectivity index (χ0v) is 34.0. The molecule has 0 radical (unpaired) electrons. The molecule has 18 nitrogen and oxygen atoms in total. The van der Waals surface area contributed by atoms with Gasteiger partial charge in [0.2, 0.25) is 41.4 Å². The molecular formula is C35H64N8O10S. The van der Waals surface area contributed by atoms with Crippen molar-refractivity contribution in [3.8, 4) is 0 Å². The van der Waals surface area contributed by atoms with Gasteiger partial charge in [0.1, 0.15) is 42.3 Å².